The predicted molar refractivity (Wildman–Crippen MR) is 90.1 cm³/mol. The van der Waals surface area contributed by atoms with Gasteiger partial charge in [-0.05, 0) is 52.1 Å². The number of Topliss-reactive ketones (excluding diaryl/α,β-unsaturated/α-hetero) is 1. The number of carbonyl (C=O) groups is 2. The van der Waals surface area contributed by atoms with Crippen molar-refractivity contribution in [2.45, 2.75) is 59.4 Å². The van der Waals surface area contributed by atoms with Crippen LogP contribution in [0.25, 0.3) is 0 Å². The number of hydrogen-bond donors (Lipinski definition) is 1. The van der Waals surface area contributed by atoms with Crippen LogP contribution in [0.1, 0.15) is 71.6 Å². The second-order valence-corrected chi connectivity index (χ2v) is 6.30. The van der Waals surface area contributed by atoms with Gasteiger partial charge in [-0.15, -0.1) is 0 Å². The van der Waals surface area contributed by atoms with E-state index in [2.05, 4.69) is 16.8 Å². The summed E-state index contributed by atoms with van der Waals surface area (Å²) in [7, 11) is 0. The number of aromatic amines is 1. The Morgan fingerprint density at radius 3 is 2.65 bits per heavy atom. The minimum atomic E-state index is -0.359. The Bertz CT molecular complexity index is 577. The average molecular weight is 320 g/mol. The normalized spacial score (nSPS) is 18.9. The van der Waals surface area contributed by atoms with Gasteiger partial charge < -0.3 is 9.72 Å². The zero-order chi connectivity index (χ0) is 17.0. The highest BCUT2D eigenvalue weighted by molar-refractivity contribution is 6.02. The van der Waals surface area contributed by atoms with Crippen LogP contribution in [0.3, 0.4) is 0 Å². The molecule has 1 aliphatic rings. The standard InChI is InChI=1S/C18H28N2O3/c1-5-14-9-7-8-10-20(14)11-15(21)17-12(3)16(13(4)19-17)18(22)23-6-2/h14,19H,5-11H2,1-4H3. The average Bonchev–Trinajstić information content (AvgIpc) is 2.83. The third-order valence-corrected chi connectivity index (χ3v) is 4.76. The molecule has 1 aromatic rings. The number of H-pyrrole nitrogens is 1. The van der Waals surface area contributed by atoms with Gasteiger partial charge >= 0.3 is 5.97 Å². The molecule has 5 heteroatoms. The highest BCUT2D eigenvalue weighted by atomic mass is 16.5. The Morgan fingerprint density at radius 1 is 1.26 bits per heavy atom. The van der Waals surface area contributed by atoms with Gasteiger partial charge in [0.2, 0.25) is 0 Å². The van der Waals surface area contributed by atoms with Crippen LogP contribution in [0.2, 0.25) is 0 Å². The third kappa shape index (κ3) is 3.83. The summed E-state index contributed by atoms with van der Waals surface area (Å²) in [5, 5.41) is 0. The molecule has 0 aromatic carbocycles. The van der Waals surface area contributed by atoms with E-state index in [0.717, 1.165) is 19.4 Å². The molecule has 0 saturated carbocycles. The Kier molecular flexibility index (Phi) is 5.99. The summed E-state index contributed by atoms with van der Waals surface area (Å²) in [6.45, 7) is 9.31. The van der Waals surface area contributed by atoms with Crippen LogP contribution in [-0.4, -0.2) is 47.4 Å². The molecule has 1 fully saturated rings. The highest BCUT2D eigenvalue weighted by Gasteiger charge is 2.27. The molecule has 2 rings (SSSR count). The topological polar surface area (TPSA) is 62.4 Å². The molecule has 1 aliphatic heterocycles. The molecule has 23 heavy (non-hydrogen) atoms. The van der Waals surface area contributed by atoms with Gasteiger partial charge in [0.15, 0.2) is 5.78 Å². The number of aryl methyl sites for hydroxylation is 1. The number of ether oxygens (including phenoxy) is 1. The van der Waals surface area contributed by atoms with Crippen LogP contribution >= 0.6 is 0 Å². The van der Waals surface area contributed by atoms with Crippen LogP contribution in [0, 0.1) is 13.8 Å². The van der Waals surface area contributed by atoms with Crippen LogP contribution in [0.5, 0.6) is 0 Å². The molecule has 0 amide bonds. The monoisotopic (exact) mass is 320 g/mol. The van der Waals surface area contributed by atoms with Crippen molar-refractivity contribution < 1.29 is 14.3 Å². The van der Waals surface area contributed by atoms with Crippen molar-refractivity contribution in [1.82, 2.24) is 9.88 Å². The van der Waals surface area contributed by atoms with Crippen molar-refractivity contribution in [2.24, 2.45) is 0 Å². The van der Waals surface area contributed by atoms with Gasteiger partial charge in [-0.25, -0.2) is 4.79 Å². The summed E-state index contributed by atoms with van der Waals surface area (Å²) in [4.78, 5) is 30.1. The third-order valence-electron chi connectivity index (χ3n) is 4.76. The van der Waals surface area contributed by atoms with E-state index in [4.69, 9.17) is 4.74 Å². The molecule has 0 spiro atoms. The number of esters is 1. The van der Waals surface area contributed by atoms with Gasteiger partial charge in [-0.2, -0.15) is 0 Å². The van der Waals surface area contributed by atoms with Gasteiger partial charge in [0.25, 0.3) is 0 Å². The van der Waals surface area contributed by atoms with E-state index in [1.165, 1.54) is 12.8 Å². The van der Waals surface area contributed by atoms with Gasteiger partial charge in [0, 0.05) is 11.7 Å². The summed E-state index contributed by atoms with van der Waals surface area (Å²) in [5.41, 5.74) is 2.46. The smallest absolute Gasteiger partial charge is 0.340 e. The first kappa shape index (κ1) is 17.7. The fourth-order valence-corrected chi connectivity index (χ4v) is 3.53. The number of likely N-dealkylation sites (tertiary alicyclic amines) is 1. The lowest BCUT2D eigenvalue weighted by atomic mass is 9.99. The fraction of sp³-hybridized carbons (Fsp3) is 0.667. The Labute approximate surface area is 138 Å². The number of carbonyl (C=O) groups excluding carboxylic acids is 2. The molecule has 0 aliphatic carbocycles. The van der Waals surface area contributed by atoms with Crippen molar-refractivity contribution in [2.75, 3.05) is 19.7 Å². The lowest BCUT2D eigenvalue weighted by Gasteiger charge is -2.34. The first-order valence-electron chi connectivity index (χ1n) is 8.63. The van der Waals surface area contributed by atoms with E-state index in [-0.39, 0.29) is 11.8 Å². The van der Waals surface area contributed by atoms with Gasteiger partial charge in [-0.1, -0.05) is 13.3 Å². The summed E-state index contributed by atoms with van der Waals surface area (Å²) in [6, 6.07) is 0.494. The van der Waals surface area contributed by atoms with E-state index in [9.17, 15) is 9.59 Å². The van der Waals surface area contributed by atoms with E-state index < -0.39 is 0 Å². The SMILES string of the molecule is CCOC(=O)c1c(C)[nH]c(C(=O)CN2CCCCC2CC)c1C. The van der Waals surface area contributed by atoms with E-state index in [0.29, 0.717) is 41.7 Å². The van der Waals surface area contributed by atoms with Crippen molar-refractivity contribution in [3.05, 3.63) is 22.5 Å². The van der Waals surface area contributed by atoms with Crippen molar-refractivity contribution in [3.63, 3.8) is 0 Å². The number of ketones is 1. The quantitative estimate of drug-likeness (QED) is 0.645. The Balaban J connectivity index is 2.16. The first-order valence-corrected chi connectivity index (χ1v) is 8.63. The first-order chi connectivity index (χ1) is 11.0. The lowest BCUT2D eigenvalue weighted by Crippen LogP contribution is -2.42. The molecule has 1 aromatic heterocycles. The number of aromatic nitrogens is 1. The molecular formula is C18H28N2O3. The maximum Gasteiger partial charge on any atom is 0.340 e. The second kappa shape index (κ2) is 7.77. The summed E-state index contributed by atoms with van der Waals surface area (Å²) >= 11 is 0. The molecule has 1 unspecified atom stereocenters. The summed E-state index contributed by atoms with van der Waals surface area (Å²) in [6.07, 6.45) is 4.64. The highest BCUT2D eigenvalue weighted by Crippen LogP contribution is 2.23. The lowest BCUT2D eigenvalue weighted by molar-refractivity contribution is 0.0525. The largest absolute Gasteiger partial charge is 0.462 e. The van der Waals surface area contributed by atoms with Gasteiger partial charge in [0.05, 0.1) is 24.4 Å². The molecule has 128 valence electrons. The zero-order valence-corrected chi connectivity index (χ0v) is 14.7. The van der Waals surface area contributed by atoms with Gasteiger partial charge in [0.1, 0.15) is 0 Å². The molecule has 0 radical (unpaired) electrons. The molecule has 0 bridgehead atoms. The number of nitrogens with one attached hydrogen (secondary N) is 1. The van der Waals surface area contributed by atoms with Crippen molar-refractivity contribution in [1.29, 1.82) is 0 Å². The van der Waals surface area contributed by atoms with Crippen molar-refractivity contribution in [3.8, 4) is 0 Å². The summed E-state index contributed by atoms with van der Waals surface area (Å²) in [5.74, 6) is -0.302. The number of nitrogens with zero attached hydrogens (tertiary/aromatic N) is 1. The van der Waals surface area contributed by atoms with Crippen LogP contribution in [0.4, 0.5) is 0 Å². The van der Waals surface area contributed by atoms with E-state index >= 15 is 0 Å². The van der Waals surface area contributed by atoms with Crippen LogP contribution in [0.15, 0.2) is 0 Å². The molecule has 5 nitrogen and oxygen atoms in total. The molecule has 1 N–H and O–H groups in total. The fourth-order valence-electron chi connectivity index (χ4n) is 3.53. The van der Waals surface area contributed by atoms with Crippen LogP contribution in [-0.2, 0) is 4.74 Å². The molecule has 1 atom stereocenters. The van der Waals surface area contributed by atoms with E-state index in [1.807, 2.05) is 13.8 Å². The number of hydrogen-bond acceptors (Lipinski definition) is 4. The van der Waals surface area contributed by atoms with Crippen molar-refractivity contribution >= 4 is 11.8 Å². The summed E-state index contributed by atoms with van der Waals surface area (Å²) < 4.78 is 5.09. The Morgan fingerprint density at radius 2 is 2.00 bits per heavy atom. The van der Waals surface area contributed by atoms with Crippen LogP contribution < -0.4 is 0 Å². The molecule has 1 saturated heterocycles. The second-order valence-electron chi connectivity index (χ2n) is 6.30. The molecule has 2 heterocycles. The minimum Gasteiger partial charge on any atom is -0.462 e. The maximum absolute atomic E-state index is 12.7. The maximum atomic E-state index is 12.7. The zero-order valence-electron chi connectivity index (χ0n) is 14.7. The minimum absolute atomic E-state index is 0.0569. The number of rotatable bonds is 6. The molecular weight excluding hydrogens is 292 g/mol. The predicted octanol–water partition coefficient (Wildman–Crippen LogP) is 3.26. The van der Waals surface area contributed by atoms with Gasteiger partial charge in [-0.3, -0.25) is 9.69 Å². The number of piperidine rings is 1. The van der Waals surface area contributed by atoms with E-state index in [1.54, 1.807) is 6.92 Å². The Hall–Kier alpha value is -1.62.